The molecule has 1 aliphatic rings. The molecule has 3 heterocycles. The summed E-state index contributed by atoms with van der Waals surface area (Å²) in [5, 5.41) is 3.86. The second kappa shape index (κ2) is 18.8. The molecular weight excluding hydrogens is 823 g/mol. The molecule has 7 aromatic carbocycles. The minimum absolute atomic E-state index is 0.0847. The highest BCUT2D eigenvalue weighted by atomic mass is 16.6. The third-order valence-corrected chi connectivity index (χ3v) is 12.3. The predicted molar refractivity (Wildman–Crippen MR) is 254 cm³/mol. The maximum atomic E-state index is 14.9. The Hall–Kier alpha value is -7.76. The van der Waals surface area contributed by atoms with Crippen LogP contribution >= 0.6 is 0 Å². The fourth-order valence-corrected chi connectivity index (χ4v) is 9.09. The number of fused-ring (bicyclic) bond motifs is 1. The van der Waals surface area contributed by atoms with Crippen LogP contribution in [0.2, 0.25) is 0 Å². The Kier molecular flexibility index (Phi) is 12.0. The number of hydrogen-bond acceptors (Lipinski definition) is 9. The average molecular weight is 870 g/mol. The standard InChI is InChI=1S/C56H47N5O5/c1-63-47-34-32-40(33-35-47)36-64-51-50(62)48(37-65-56(44-26-14-5-15-27-44,45-28-16-6-17-29-45)46-30-18-7-19-31-46)66-54(51)61-39-59-49-52(57-38-58-53(49)61)60-55(41-20-8-2-9-21-41,42-22-10-3-11-23-42)43-24-12-4-13-25-43/h2-35,38-39,48,51,54H,36-37H2,1H3,(H,57,58,60)/t48-,51-,54-/m1/s1. The van der Waals surface area contributed by atoms with E-state index in [1.165, 1.54) is 6.33 Å². The summed E-state index contributed by atoms with van der Waals surface area (Å²) >= 11 is 0. The van der Waals surface area contributed by atoms with Crippen LogP contribution in [-0.4, -0.2) is 51.2 Å². The van der Waals surface area contributed by atoms with E-state index in [1.54, 1.807) is 18.0 Å². The highest BCUT2D eigenvalue weighted by molar-refractivity contribution is 5.90. The summed E-state index contributed by atoms with van der Waals surface area (Å²) < 4.78 is 27.7. The summed E-state index contributed by atoms with van der Waals surface area (Å²) in [5.74, 6) is 0.952. The van der Waals surface area contributed by atoms with E-state index in [-0.39, 0.29) is 19.0 Å². The molecule has 3 atom stereocenters. The Bertz CT molecular complexity index is 2800. The predicted octanol–water partition coefficient (Wildman–Crippen LogP) is 10.3. The number of anilines is 1. The smallest absolute Gasteiger partial charge is 0.197 e. The summed E-state index contributed by atoms with van der Waals surface area (Å²) in [6, 6.07) is 68.6. The first kappa shape index (κ1) is 42.2. The first-order chi connectivity index (χ1) is 32.6. The van der Waals surface area contributed by atoms with Crippen molar-refractivity contribution in [1.29, 1.82) is 0 Å². The summed E-state index contributed by atoms with van der Waals surface area (Å²) in [4.78, 5) is 29.4. The van der Waals surface area contributed by atoms with Crippen molar-refractivity contribution in [2.24, 2.45) is 0 Å². The van der Waals surface area contributed by atoms with Gasteiger partial charge in [-0.1, -0.05) is 194 Å². The van der Waals surface area contributed by atoms with Crippen molar-refractivity contribution in [3.63, 3.8) is 0 Å². The minimum Gasteiger partial charge on any atom is -0.497 e. The minimum atomic E-state index is -1.08. The molecular formula is C56H47N5O5. The van der Waals surface area contributed by atoms with E-state index in [9.17, 15) is 4.79 Å². The van der Waals surface area contributed by atoms with Gasteiger partial charge in [0.2, 0.25) is 0 Å². The van der Waals surface area contributed by atoms with Crippen molar-refractivity contribution in [2.75, 3.05) is 19.0 Å². The second-order valence-electron chi connectivity index (χ2n) is 16.1. The van der Waals surface area contributed by atoms with Gasteiger partial charge in [0.1, 0.15) is 29.3 Å². The van der Waals surface area contributed by atoms with Crippen molar-refractivity contribution in [3.8, 4) is 5.75 Å². The number of carbonyl (C=O) groups excluding carboxylic acids is 1. The molecule has 1 aliphatic heterocycles. The molecule has 1 saturated heterocycles. The molecule has 66 heavy (non-hydrogen) atoms. The Balaban J connectivity index is 1.04. The van der Waals surface area contributed by atoms with Crippen molar-refractivity contribution in [1.82, 2.24) is 19.5 Å². The molecule has 10 nitrogen and oxygen atoms in total. The van der Waals surface area contributed by atoms with Crippen LogP contribution in [0, 0.1) is 0 Å². The number of hydrogen-bond donors (Lipinski definition) is 1. The third kappa shape index (κ3) is 7.92. The van der Waals surface area contributed by atoms with Crippen LogP contribution in [0.1, 0.15) is 45.2 Å². The Morgan fingerprint density at radius 3 is 1.53 bits per heavy atom. The number of Topliss-reactive ketones (excluding diaryl/α,β-unsaturated/α-hetero) is 1. The largest absolute Gasteiger partial charge is 0.497 e. The van der Waals surface area contributed by atoms with Gasteiger partial charge < -0.3 is 24.3 Å². The maximum Gasteiger partial charge on any atom is 0.197 e. The SMILES string of the molecule is COc1ccc(CO[C@@H]2C(=O)[C@@H](COC(c3ccccc3)(c3ccccc3)c3ccccc3)O[C@H]2n2cnc3c(NC(c4ccccc4)(c4ccccc4)c4ccccc4)ncnc32)cc1. The van der Waals surface area contributed by atoms with E-state index in [2.05, 4.69) is 41.7 Å². The van der Waals surface area contributed by atoms with Gasteiger partial charge in [0.25, 0.3) is 0 Å². The van der Waals surface area contributed by atoms with Crippen LogP contribution in [0.3, 0.4) is 0 Å². The van der Waals surface area contributed by atoms with E-state index < -0.39 is 29.6 Å². The zero-order chi connectivity index (χ0) is 44.8. The molecule has 1 fully saturated rings. The van der Waals surface area contributed by atoms with Crippen LogP contribution in [0.4, 0.5) is 5.82 Å². The Morgan fingerprint density at radius 2 is 1.06 bits per heavy atom. The number of methoxy groups -OCH3 is 1. The average Bonchev–Trinajstić information content (AvgIpc) is 3.97. The van der Waals surface area contributed by atoms with Gasteiger partial charge in [-0.3, -0.25) is 9.36 Å². The number of carbonyl (C=O) groups is 1. The summed E-state index contributed by atoms with van der Waals surface area (Å²) in [7, 11) is 1.62. The maximum absolute atomic E-state index is 14.9. The number of aromatic nitrogens is 4. The van der Waals surface area contributed by atoms with Crippen molar-refractivity contribution in [3.05, 3.63) is 258 Å². The lowest BCUT2D eigenvalue weighted by atomic mass is 9.77. The zero-order valence-corrected chi connectivity index (χ0v) is 36.3. The van der Waals surface area contributed by atoms with E-state index in [0.717, 1.165) is 44.7 Å². The van der Waals surface area contributed by atoms with Gasteiger partial charge in [0.15, 0.2) is 35.1 Å². The molecule has 0 amide bonds. The van der Waals surface area contributed by atoms with Gasteiger partial charge in [-0.2, -0.15) is 0 Å². The van der Waals surface area contributed by atoms with E-state index in [0.29, 0.717) is 17.0 Å². The molecule has 0 unspecified atom stereocenters. The van der Waals surface area contributed by atoms with Gasteiger partial charge in [0.05, 0.1) is 26.7 Å². The highest BCUT2D eigenvalue weighted by Gasteiger charge is 2.48. The number of ether oxygens (including phenoxy) is 4. The Labute approximate surface area is 383 Å². The van der Waals surface area contributed by atoms with Crippen molar-refractivity contribution < 1.29 is 23.7 Å². The first-order valence-corrected chi connectivity index (χ1v) is 21.9. The van der Waals surface area contributed by atoms with Gasteiger partial charge in [-0.25, -0.2) is 15.0 Å². The lowest BCUT2D eigenvalue weighted by Gasteiger charge is -2.37. The zero-order valence-electron chi connectivity index (χ0n) is 36.3. The van der Waals surface area contributed by atoms with Crippen LogP contribution in [0.25, 0.3) is 11.2 Å². The molecule has 0 bridgehead atoms. The summed E-state index contributed by atoms with van der Waals surface area (Å²) in [6.45, 7) is 0.0521. The molecule has 9 aromatic rings. The molecule has 10 rings (SSSR count). The Morgan fingerprint density at radius 1 is 0.591 bits per heavy atom. The van der Waals surface area contributed by atoms with E-state index >= 15 is 0 Å². The molecule has 326 valence electrons. The van der Waals surface area contributed by atoms with Crippen molar-refractivity contribution >= 4 is 22.8 Å². The lowest BCUT2D eigenvalue weighted by molar-refractivity contribution is -0.133. The number of ketones is 1. The van der Waals surface area contributed by atoms with Gasteiger partial charge in [-0.05, 0) is 51.1 Å². The number of imidazole rings is 1. The van der Waals surface area contributed by atoms with Crippen LogP contribution in [0.15, 0.2) is 219 Å². The summed E-state index contributed by atoms with van der Waals surface area (Å²) in [6.07, 6.45) is 0.116. The first-order valence-electron chi connectivity index (χ1n) is 21.9. The van der Waals surface area contributed by atoms with E-state index in [4.69, 9.17) is 33.9 Å². The van der Waals surface area contributed by atoms with Gasteiger partial charge in [0, 0.05) is 0 Å². The third-order valence-electron chi connectivity index (χ3n) is 12.3. The normalized spacial score (nSPS) is 16.3. The van der Waals surface area contributed by atoms with Gasteiger partial charge >= 0.3 is 0 Å². The van der Waals surface area contributed by atoms with Crippen LogP contribution in [-0.2, 0) is 36.8 Å². The van der Waals surface area contributed by atoms with Gasteiger partial charge in [-0.15, -0.1) is 0 Å². The monoisotopic (exact) mass is 869 g/mol. The molecule has 0 saturated carbocycles. The summed E-state index contributed by atoms with van der Waals surface area (Å²) in [5.41, 5.74) is 5.59. The quantitative estimate of drug-likeness (QED) is 0.0950. The molecule has 1 N–H and O–H groups in total. The lowest BCUT2D eigenvalue weighted by Crippen LogP contribution is -2.38. The number of rotatable bonds is 16. The molecule has 0 aliphatic carbocycles. The topological polar surface area (TPSA) is 110 Å². The molecule has 2 aromatic heterocycles. The molecule has 0 radical (unpaired) electrons. The fraction of sp³-hybridized carbons (Fsp3) is 0.143. The van der Waals surface area contributed by atoms with Crippen molar-refractivity contribution in [2.45, 2.75) is 36.2 Å². The molecule has 10 heteroatoms. The molecule has 0 spiro atoms. The highest BCUT2D eigenvalue weighted by Crippen LogP contribution is 2.43. The number of nitrogens with one attached hydrogen (secondary N) is 1. The van der Waals surface area contributed by atoms with Crippen LogP contribution in [0.5, 0.6) is 5.75 Å². The van der Waals surface area contributed by atoms with E-state index in [1.807, 2.05) is 170 Å². The number of benzene rings is 7. The number of nitrogens with zero attached hydrogens (tertiary/aromatic N) is 4. The second-order valence-corrected chi connectivity index (χ2v) is 16.1. The van der Waals surface area contributed by atoms with Crippen LogP contribution < -0.4 is 10.1 Å². The fourth-order valence-electron chi connectivity index (χ4n) is 9.09.